The number of nitrogens with one attached hydrogen (secondary N) is 2. The van der Waals surface area contributed by atoms with Crippen molar-refractivity contribution < 1.29 is 35.9 Å². The molecule has 4 bridgehead atoms. The summed E-state index contributed by atoms with van der Waals surface area (Å²) in [7, 11) is -4.26. The predicted molar refractivity (Wildman–Crippen MR) is 162 cm³/mol. The lowest BCUT2D eigenvalue weighted by Crippen LogP contribution is -2.41. The number of sulfonamides is 1. The molecule has 1 unspecified atom stereocenters. The van der Waals surface area contributed by atoms with Gasteiger partial charge in [0.05, 0.1) is 11.0 Å². The van der Waals surface area contributed by atoms with E-state index in [0.29, 0.717) is 44.8 Å². The number of pyridine rings is 1. The van der Waals surface area contributed by atoms with Crippen LogP contribution in [0.15, 0.2) is 29.4 Å². The van der Waals surface area contributed by atoms with Gasteiger partial charge in [-0.1, -0.05) is 0 Å². The van der Waals surface area contributed by atoms with Crippen molar-refractivity contribution in [2.24, 2.45) is 11.3 Å². The summed E-state index contributed by atoms with van der Waals surface area (Å²) in [6, 6.07) is 4.46. The number of amides is 2. The highest BCUT2D eigenvalue weighted by molar-refractivity contribution is 7.90. The molecule has 0 aromatic carbocycles. The van der Waals surface area contributed by atoms with Crippen LogP contribution in [0.5, 0.6) is 0 Å². The average molecular weight is 668 g/mol. The van der Waals surface area contributed by atoms with Gasteiger partial charge < -0.3 is 15.0 Å². The Hall–Kier alpha value is -3.24. The number of nitrogens with zero attached hydrogens (tertiary/aromatic N) is 5. The van der Waals surface area contributed by atoms with Crippen molar-refractivity contribution in [3.8, 4) is 0 Å². The van der Waals surface area contributed by atoms with Crippen LogP contribution in [-0.4, -0.2) is 85.6 Å². The van der Waals surface area contributed by atoms with Crippen LogP contribution in [0.4, 0.5) is 24.8 Å². The number of fused-ring (bicyclic) bond motifs is 6. The fraction of sp³-hybridized carbons (Fsp3) is 0.667. The second kappa shape index (κ2) is 12.1. The van der Waals surface area contributed by atoms with Crippen LogP contribution in [0.25, 0.3) is 0 Å². The molecular weight excluding hydrogens is 627 g/mol. The van der Waals surface area contributed by atoms with Crippen molar-refractivity contribution in [2.45, 2.75) is 88.1 Å². The average Bonchev–Trinajstić information content (AvgIpc) is 3.31. The van der Waals surface area contributed by atoms with Crippen LogP contribution < -0.4 is 19.8 Å². The zero-order valence-electron chi connectivity index (χ0n) is 26.0. The summed E-state index contributed by atoms with van der Waals surface area (Å²) in [4.78, 5) is 35.3. The third-order valence-corrected chi connectivity index (χ3v) is 11.0. The molecule has 2 atom stereocenters. The minimum atomic E-state index is -4.26. The van der Waals surface area contributed by atoms with E-state index in [1.807, 2.05) is 18.7 Å². The number of hydrogen-bond donors (Lipinski definition) is 2. The molecule has 6 rings (SSSR count). The molecule has 5 heterocycles. The van der Waals surface area contributed by atoms with E-state index < -0.39 is 33.1 Å². The first kappa shape index (κ1) is 32.7. The summed E-state index contributed by atoms with van der Waals surface area (Å²) in [5.74, 6) is -0.787. The Morgan fingerprint density at radius 2 is 1.89 bits per heavy atom. The first-order valence-electron chi connectivity index (χ1n) is 15.8. The maximum atomic E-state index is 13.5. The third kappa shape index (κ3) is 6.47. The quantitative estimate of drug-likeness (QED) is 0.426. The number of hydrogen-bond acceptors (Lipinski definition) is 9. The number of aryl methyl sites for hydroxylation is 1. The molecule has 2 aromatic heterocycles. The highest BCUT2D eigenvalue weighted by Gasteiger charge is 2.62. The molecule has 0 spiro atoms. The number of ether oxygens (including phenoxy) is 1. The second-order valence-electron chi connectivity index (χ2n) is 13.4. The topological polar surface area (TPSA) is 139 Å². The van der Waals surface area contributed by atoms with Crippen LogP contribution in [0, 0.1) is 11.3 Å². The summed E-state index contributed by atoms with van der Waals surface area (Å²) < 4.78 is 74.9. The Balaban J connectivity index is 1.19. The van der Waals surface area contributed by atoms with Gasteiger partial charge in [0, 0.05) is 56.5 Å². The third-order valence-electron chi connectivity index (χ3n) is 9.74. The lowest BCUT2D eigenvalue weighted by atomic mass is 9.99. The number of rotatable bonds is 7. The van der Waals surface area contributed by atoms with E-state index in [1.165, 1.54) is 22.9 Å². The first-order valence-corrected chi connectivity index (χ1v) is 17.3. The van der Waals surface area contributed by atoms with Crippen LogP contribution in [0.2, 0.25) is 0 Å². The highest BCUT2D eigenvalue weighted by Crippen LogP contribution is 2.59. The van der Waals surface area contributed by atoms with E-state index in [9.17, 15) is 31.2 Å². The number of anilines is 2. The van der Waals surface area contributed by atoms with E-state index in [-0.39, 0.29) is 66.8 Å². The van der Waals surface area contributed by atoms with Crippen LogP contribution >= 0.6 is 0 Å². The van der Waals surface area contributed by atoms with Crippen LogP contribution in [0.3, 0.4) is 0 Å². The van der Waals surface area contributed by atoms with Crippen LogP contribution in [-0.2, 0) is 26.1 Å². The van der Waals surface area contributed by atoms with Gasteiger partial charge in [-0.2, -0.15) is 26.7 Å². The van der Waals surface area contributed by atoms with Gasteiger partial charge in [0.15, 0.2) is 5.03 Å². The molecule has 1 saturated carbocycles. The molecule has 4 aliphatic rings. The van der Waals surface area contributed by atoms with Crippen molar-refractivity contribution >= 4 is 33.5 Å². The Morgan fingerprint density at radius 3 is 2.63 bits per heavy atom. The minimum absolute atomic E-state index is 0.00232. The van der Waals surface area contributed by atoms with Crippen molar-refractivity contribution in [1.29, 1.82) is 0 Å². The molecule has 46 heavy (non-hydrogen) atoms. The number of halogens is 3. The zero-order valence-corrected chi connectivity index (χ0v) is 26.8. The molecule has 12 nitrogen and oxygen atoms in total. The molecule has 2 saturated heterocycles. The summed E-state index contributed by atoms with van der Waals surface area (Å²) in [6.45, 7) is 6.34. The monoisotopic (exact) mass is 667 g/mol. The van der Waals surface area contributed by atoms with Gasteiger partial charge in [-0.3, -0.25) is 19.2 Å². The molecular formula is C30H40F3N7O5S. The van der Waals surface area contributed by atoms with E-state index in [4.69, 9.17) is 9.72 Å². The normalized spacial score (nSPS) is 25.5. The van der Waals surface area contributed by atoms with Crippen molar-refractivity contribution in [2.75, 3.05) is 42.6 Å². The van der Waals surface area contributed by atoms with Gasteiger partial charge in [0.2, 0.25) is 5.91 Å². The first-order chi connectivity index (χ1) is 21.7. The molecule has 252 valence electrons. The van der Waals surface area contributed by atoms with Gasteiger partial charge >= 0.3 is 6.18 Å². The minimum Gasteiger partial charge on any atom is -0.381 e. The summed E-state index contributed by atoms with van der Waals surface area (Å²) in [6.07, 6.45) is -0.0646. The van der Waals surface area contributed by atoms with E-state index in [1.54, 1.807) is 11.1 Å². The van der Waals surface area contributed by atoms with E-state index in [2.05, 4.69) is 15.1 Å². The molecule has 1 aliphatic carbocycles. The summed E-state index contributed by atoms with van der Waals surface area (Å²) in [5, 5.41) is 7.43. The molecule has 2 aromatic rings. The van der Waals surface area contributed by atoms with Crippen LogP contribution in [0.1, 0.15) is 69.2 Å². The van der Waals surface area contributed by atoms with Gasteiger partial charge in [-0.05, 0) is 83.5 Å². The van der Waals surface area contributed by atoms with E-state index >= 15 is 0 Å². The van der Waals surface area contributed by atoms with Gasteiger partial charge in [-0.25, -0.2) is 9.71 Å². The van der Waals surface area contributed by atoms with Crippen molar-refractivity contribution in [3.05, 3.63) is 30.0 Å². The maximum absolute atomic E-state index is 13.5. The van der Waals surface area contributed by atoms with E-state index in [0.717, 1.165) is 12.8 Å². The van der Waals surface area contributed by atoms with Gasteiger partial charge in [0.1, 0.15) is 11.6 Å². The smallest absolute Gasteiger partial charge is 0.381 e. The lowest BCUT2D eigenvalue weighted by molar-refractivity contribution is -0.191. The molecule has 2 amide bonds. The molecule has 2 N–H and O–H groups in total. The molecule has 0 radical (unpaired) electrons. The number of aromatic nitrogens is 3. The molecule has 3 aliphatic heterocycles. The SMILES string of the molecule is CC1(C)CC2CN1c1nc(N3CC[C@@H](CCOCCC4(C(F)(F)F)CC4)C3=O)ccc1C(=O)NS(=O)(=O)c1ccn(n1)CCCN2. The van der Waals surface area contributed by atoms with Crippen molar-refractivity contribution in [1.82, 2.24) is 24.8 Å². The van der Waals surface area contributed by atoms with Crippen molar-refractivity contribution in [3.63, 3.8) is 0 Å². The fourth-order valence-corrected chi connectivity index (χ4v) is 7.68. The number of carbonyl (C=O) groups excluding carboxylic acids is 2. The van der Waals surface area contributed by atoms with Gasteiger partial charge in [-0.15, -0.1) is 0 Å². The zero-order chi connectivity index (χ0) is 32.9. The Bertz CT molecular complexity index is 1590. The standard InChI is InChI=1S/C30H40F3N7O5S/c1-28(2)18-21-19-40(28)25-22(26(41)37-46(43,44)24-7-14-38(36-24)13-3-12-34-21)4-5-23(35-25)39-15-6-20(27(39)42)8-16-45-17-11-29(9-10-29)30(31,32)33/h4-5,7,14,20-21,34H,3,6,8-13,15-19H2,1-2H3,(H,37,41)/t20-,21?/m0/s1. The molecule has 3 fully saturated rings. The maximum Gasteiger partial charge on any atom is 0.394 e. The lowest BCUT2D eigenvalue weighted by Gasteiger charge is -2.34. The van der Waals surface area contributed by atoms with Gasteiger partial charge in [0.25, 0.3) is 15.9 Å². The summed E-state index contributed by atoms with van der Waals surface area (Å²) >= 11 is 0. The Labute approximate surface area is 266 Å². The predicted octanol–water partition coefficient (Wildman–Crippen LogP) is 3.24. The Morgan fingerprint density at radius 1 is 1.11 bits per heavy atom. The highest BCUT2D eigenvalue weighted by atomic mass is 32.2. The fourth-order valence-electron chi connectivity index (χ4n) is 6.77. The largest absolute Gasteiger partial charge is 0.394 e. The second-order valence-corrected chi connectivity index (χ2v) is 15.1. The number of carbonyl (C=O) groups is 2. The summed E-state index contributed by atoms with van der Waals surface area (Å²) in [5.41, 5.74) is -2.00. The number of alkyl halides is 3. The Kier molecular flexibility index (Phi) is 8.59. The molecule has 16 heteroatoms.